The first-order chi connectivity index (χ1) is 15.0. The van der Waals surface area contributed by atoms with Gasteiger partial charge in [-0.25, -0.2) is 14.8 Å². The van der Waals surface area contributed by atoms with Gasteiger partial charge in [0.2, 0.25) is 0 Å². The first kappa shape index (κ1) is 20.4. The van der Waals surface area contributed by atoms with Crippen molar-refractivity contribution >= 4 is 40.8 Å². The SMILES string of the molecule is COC(=O)Nc1ccc(-c2cnc3ccc(C(=O)N(C)c4ccc(Cl)cn4)cn23)cc1. The summed E-state index contributed by atoms with van der Waals surface area (Å²) in [6.45, 7) is 0. The minimum Gasteiger partial charge on any atom is -0.453 e. The number of hydrogen-bond acceptors (Lipinski definition) is 5. The predicted octanol–water partition coefficient (Wildman–Crippen LogP) is 4.50. The molecule has 3 aromatic heterocycles. The van der Waals surface area contributed by atoms with Crippen LogP contribution >= 0.6 is 11.6 Å². The smallest absolute Gasteiger partial charge is 0.411 e. The van der Waals surface area contributed by atoms with Crippen LogP contribution in [0.25, 0.3) is 16.9 Å². The van der Waals surface area contributed by atoms with E-state index in [0.717, 1.165) is 11.3 Å². The van der Waals surface area contributed by atoms with Crippen molar-refractivity contribution in [3.05, 3.63) is 77.7 Å². The summed E-state index contributed by atoms with van der Waals surface area (Å²) >= 11 is 5.88. The van der Waals surface area contributed by atoms with Crippen molar-refractivity contribution in [3.63, 3.8) is 0 Å². The van der Waals surface area contributed by atoms with E-state index in [1.165, 1.54) is 18.2 Å². The van der Waals surface area contributed by atoms with E-state index in [2.05, 4.69) is 20.0 Å². The van der Waals surface area contributed by atoms with E-state index in [1.54, 1.807) is 55.8 Å². The van der Waals surface area contributed by atoms with Crippen molar-refractivity contribution in [1.82, 2.24) is 14.4 Å². The van der Waals surface area contributed by atoms with Gasteiger partial charge < -0.3 is 4.74 Å². The second-order valence-electron chi connectivity index (χ2n) is 6.68. The molecule has 0 aliphatic heterocycles. The molecule has 4 aromatic rings. The van der Waals surface area contributed by atoms with E-state index in [-0.39, 0.29) is 5.91 Å². The van der Waals surface area contributed by atoms with Crippen molar-refractivity contribution < 1.29 is 14.3 Å². The van der Waals surface area contributed by atoms with Gasteiger partial charge in [0.05, 0.1) is 29.6 Å². The van der Waals surface area contributed by atoms with Crippen LogP contribution in [0.5, 0.6) is 0 Å². The van der Waals surface area contributed by atoms with E-state index < -0.39 is 6.09 Å². The van der Waals surface area contributed by atoms with Crippen LogP contribution in [-0.2, 0) is 4.74 Å². The van der Waals surface area contributed by atoms with Crippen LogP contribution in [-0.4, -0.2) is 40.5 Å². The molecule has 0 spiro atoms. The molecule has 9 heteroatoms. The lowest BCUT2D eigenvalue weighted by atomic mass is 10.1. The highest BCUT2D eigenvalue weighted by Gasteiger charge is 2.16. The number of aromatic nitrogens is 3. The number of benzene rings is 1. The second-order valence-corrected chi connectivity index (χ2v) is 7.12. The van der Waals surface area contributed by atoms with Crippen LogP contribution in [0.15, 0.2) is 67.1 Å². The van der Waals surface area contributed by atoms with Gasteiger partial charge in [0.15, 0.2) is 0 Å². The van der Waals surface area contributed by atoms with Gasteiger partial charge in [-0.2, -0.15) is 0 Å². The first-order valence-corrected chi connectivity index (χ1v) is 9.66. The summed E-state index contributed by atoms with van der Waals surface area (Å²) in [5.41, 5.74) is 3.48. The summed E-state index contributed by atoms with van der Waals surface area (Å²) in [5, 5.41) is 3.11. The number of hydrogen-bond donors (Lipinski definition) is 1. The molecule has 1 N–H and O–H groups in total. The number of methoxy groups -OCH3 is 1. The standard InChI is InChI=1S/C22H18ClN5O3/c1-27(19-10-6-16(23)11-24-19)21(29)15-5-9-20-25-12-18(28(20)13-15)14-3-7-17(8-4-14)26-22(30)31-2/h3-13H,1-2H3,(H,26,30). The van der Waals surface area contributed by atoms with Crippen LogP contribution in [0.3, 0.4) is 0 Å². The average Bonchev–Trinajstić information content (AvgIpc) is 3.22. The molecular weight excluding hydrogens is 418 g/mol. The Hall–Kier alpha value is -3.91. The number of pyridine rings is 2. The number of nitrogens with one attached hydrogen (secondary N) is 1. The molecule has 0 saturated carbocycles. The topological polar surface area (TPSA) is 88.8 Å². The Morgan fingerprint density at radius 3 is 2.48 bits per heavy atom. The Labute approximate surface area is 183 Å². The van der Waals surface area contributed by atoms with Crippen molar-refractivity contribution in [2.75, 3.05) is 24.4 Å². The lowest BCUT2D eigenvalue weighted by molar-refractivity contribution is 0.0992. The van der Waals surface area contributed by atoms with Gasteiger partial charge in [-0.1, -0.05) is 23.7 Å². The molecule has 1 aromatic carbocycles. The van der Waals surface area contributed by atoms with E-state index >= 15 is 0 Å². The maximum atomic E-state index is 13.0. The van der Waals surface area contributed by atoms with Crippen LogP contribution in [0.2, 0.25) is 5.02 Å². The summed E-state index contributed by atoms with van der Waals surface area (Å²) in [5.74, 6) is 0.281. The molecule has 0 saturated heterocycles. The molecule has 3 heterocycles. The predicted molar refractivity (Wildman–Crippen MR) is 119 cm³/mol. The van der Waals surface area contributed by atoms with Gasteiger partial charge in [0, 0.05) is 30.7 Å². The number of imidazole rings is 1. The largest absolute Gasteiger partial charge is 0.453 e. The molecule has 0 fully saturated rings. The summed E-state index contributed by atoms with van der Waals surface area (Å²) in [6, 6.07) is 14.1. The zero-order valence-electron chi connectivity index (χ0n) is 16.7. The fraction of sp³-hybridized carbons (Fsp3) is 0.0909. The highest BCUT2D eigenvalue weighted by Crippen LogP contribution is 2.24. The molecule has 4 rings (SSSR count). The fourth-order valence-corrected chi connectivity index (χ4v) is 3.19. The summed E-state index contributed by atoms with van der Waals surface area (Å²) < 4.78 is 6.44. The maximum absolute atomic E-state index is 13.0. The van der Waals surface area contributed by atoms with Gasteiger partial charge in [-0.05, 0) is 36.4 Å². The van der Waals surface area contributed by atoms with Crippen molar-refractivity contribution in [2.24, 2.45) is 0 Å². The number of anilines is 2. The lowest BCUT2D eigenvalue weighted by Gasteiger charge is -2.16. The van der Waals surface area contributed by atoms with Gasteiger partial charge >= 0.3 is 6.09 Å². The minimum atomic E-state index is -0.537. The lowest BCUT2D eigenvalue weighted by Crippen LogP contribution is -2.27. The fourth-order valence-electron chi connectivity index (χ4n) is 3.08. The van der Waals surface area contributed by atoms with E-state index in [4.69, 9.17) is 11.6 Å². The number of carbonyl (C=O) groups is 2. The third-order valence-corrected chi connectivity index (χ3v) is 4.95. The molecule has 156 valence electrons. The second kappa shape index (κ2) is 8.45. The Bertz CT molecular complexity index is 1250. The van der Waals surface area contributed by atoms with Crippen molar-refractivity contribution in [3.8, 4) is 11.3 Å². The molecule has 0 atom stereocenters. The Balaban J connectivity index is 1.64. The third-order valence-electron chi connectivity index (χ3n) is 4.73. The van der Waals surface area contributed by atoms with E-state index in [9.17, 15) is 9.59 Å². The number of rotatable bonds is 4. The summed E-state index contributed by atoms with van der Waals surface area (Å²) in [7, 11) is 2.96. The molecule has 0 unspecified atom stereocenters. The Morgan fingerprint density at radius 1 is 1.03 bits per heavy atom. The number of nitrogens with zero attached hydrogens (tertiary/aromatic N) is 4. The molecule has 0 aliphatic rings. The third kappa shape index (κ3) is 4.19. The number of fused-ring (bicyclic) bond motifs is 1. The summed E-state index contributed by atoms with van der Waals surface area (Å²) in [6.07, 6.45) is 4.44. The van der Waals surface area contributed by atoms with E-state index in [0.29, 0.717) is 27.7 Å². The molecule has 8 nitrogen and oxygen atoms in total. The molecule has 0 bridgehead atoms. The molecule has 31 heavy (non-hydrogen) atoms. The normalized spacial score (nSPS) is 10.7. The number of amides is 2. The van der Waals surface area contributed by atoms with Gasteiger partial charge in [-0.15, -0.1) is 0 Å². The highest BCUT2D eigenvalue weighted by molar-refractivity contribution is 6.30. The molecule has 0 aliphatic carbocycles. The van der Waals surface area contributed by atoms with Gasteiger partial charge in [-0.3, -0.25) is 19.4 Å². The zero-order chi connectivity index (χ0) is 22.0. The minimum absolute atomic E-state index is 0.214. The van der Waals surface area contributed by atoms with Crippen LogP contribution in [0, 0.1) is 0 Å². The molecule has 2 amide bonds. The number of carbonyl (C=O) groups excluding carboxylic acids is 2. The Kier molecular flexibility index (Phi) is 5.55. The quantitative estimate of drug-likeness (QED) is 0.509. The van der Waals surface area contributed by atoms with Crippen LogP contribution in [0.1, 0.15) is 10.4 Å². The highest BCUT2D eigenvalue weighted by atomic mass is 35.5. The Morgan fingerprint density at radius 2 is 1.81 bits per heavy atom. The van der Waals surface area contributed by atoms with Crippen LogP contribution < -0.4 is 10.2 Å². The van der Waals surface area contributed by atoms with Crippen LogP contribution in [0.4, 0.5) is 16.3 Å². The zero-order valence-corrected chi connectivity index (χ0v) is 17.5. The number of halogens is 1. The number of ether oxygens (including phenoxy) is 1. The average molecular weight is 436 g/mol. The maximum Gasteiger partial charge on any atom is 0.411 e. The van der Waals surface area contributed by atoms with Crippen molar-refractivity contribution in [1.29, 1.82) is 0 Å². The molecule has 0 radical (unpaired) electrons. The van der Waals surface area contributed by atoms with Crippen molar-refractivity contribution in [2.45, 2.75) is 0 Å². The monoisotopic (exact) mass is 435 g/mol. The van der Waals surface area contributed by atoms with Gasteiger partial charge in [0.25, 0.3) is 5.91 Å². The molecular formula is C22H18ClN5O3. The van der Waals surface area contributed by atoms with E-state index in [1.807, 2.05) is 16.5 Å². The van der Waals surface area contributed by atoms with Gasteiger partial charge in [0.1, 0.15) is 11.5 Å². The summed E-state index contributed by atoms with van der Waals surface area (Å²) in [4.78, 5) is 34.4. The first-order valence-electron chi connectivity index (χ1n) is 9.28.